The van der Waals surface area contributed by atoms with E-state index in [1.54, 1.807) is 19.4 Å². The number of nitrogens with one attached hydrogen (secondary N) is 1. The topological polar surface area (TPSA) is 60.7 Å². The van der Waals surface area contributed by atoms with E-state index < -0.39 is 0 Å². The lowest BCUT2D eigenvalue weighted by atomic mass is 9.96. The molecule has 5 heteroatoms. The molecule has 0 bridgehead atoms. The first-order valence-corrected chi connectivity index (χ1v) is 12.5. The molecule has 1 aliphatic carbocycles. The number of hydrogen-bond acceptors (Lipinski definition) is 4. The van der Waals surface area contributed by atoms with E-state index in [1.807, 2.05) is 45.0 Å². The Kier molecular flexibility index (Phi) is 7.96. The zero-order valence-corrected chi connectivity index (χ0v) is 21.2. The minimum Gasteiger partial charge on any atom is -0.497 e. The lowest BCUT2D eigenvalue weighted by molar-refractivity contribution is -0.116. The quantitative estimate of drug-likeness (QED) is 0.263. The summed E-state index contributed by atoms with van der Waals surface area (Å²) in [5.74, 6) is 1.45. The van der Waals surface area contributed by atoms with Crippen LogP contribution in [0.5, 0.6) is 11.5 Å². The average molecular weight is 474 g/mol. The lowest BCUT2D eigenvalue weighted by Gasteiger charge is -2.15. The van der Waals surface area contributed by atoms with E-state index in [-0.39, 0.29) is 5.91 Å². The van der Waals surface area contributed by atoms with E-state index in [2.05, 4.69) is 17.5 Å². The summed E-state index contributed by atoms with van der Waals surface area (Å²) in [4.78, 5) is 12.7. The summed E-state index contributed by atoms with van der Waals surface area (Å²) in [7, 11) is 1.66. The van der Waals surface area contributed by atoms with Gasteiger partial charge in [0.2, 0.25) is 5.91 Å². The molecule has 3 aromatic rings. The molecule has 184 valence electrons. The molecule has 0 spiro atoms. The number of carbonyl (C=O) groups excluding carboxylic acids is 1. The van der Waals surface area contributed by atoms with Crippen LogP contribution in [0.25, 0.3) is 27.7 Å². The van der Waals surface area contributed by atoms with Crippen LogP contribution in [0.15, 0.2) is 58.7 Å². The number of carbonyl (C=O) groups is 1. The van der Waals surface area contributed by atoms with Crippen LogP contribution in [0.4, 0.5) is 0 Å². The Morgan fingerprint density at radius 3 is 2.83 bits per heavy atom. The van der Waals surface area contributed by atoms with Crippen molar-refractivity contribution in [3.05, 3.63) is 65.4 Å². The molecular weight excluding hydrogens is 438 g/mol. The van der Waals surface area contributed by atoms with E-state index in [9.17, 15) is 4.79 Å². The van der Waals surface area contributed by atoms with Gasteiger partial charge < -0.3 is 19.2 Å². The number of aryl methyl sites for hydroxylation is 1. The lowest BCUT2D eigenvalue weighted by Crippen LogP contribution is -2.23. The molecule has 0 aliphatic heterocycles. The van der Waals surface area contributed by atoms with Gasteiger partial charge in [-0.05, 0) is 82.2 Å². The zero-order valence-electron chi connectivity index (χ0n) is 21.2. The molecule has 0 unspecified atom stereocenters. The zero-order chi connectivity index (χ0) is 24.8. The minimum atomic E-state index is -0.0840. The highest BCUT2D eigenvalue weighted by molar-refractivity contribution is 6.01. The number of allylic oxidation sites excluding steroid dienone is 2. The summed E-state index contributed by atoms with van der Waals surface area (Å²) in [5.41, 5.74) is 6.90. The Morgan fingerprint density at radius 2 is 2.09 bits per heavy atom. The molecule has 1 aliphatic rings. The highest BCUT2D eigenvalue weighted by Gasteiger charge is 2.19. The van der Waals surface area contributed by atoms with Crippen molar-refractivity contribution in [1.82, 2.24) is 5.32 Å². The number of furan rings is 1. The van der Waals surface area contributed by atoms with Crippen LogP contribution in [0.2, 0.25) is 0 Å². The first-order chi connectivity index (χ1) is 17.0. The van der Waals surface area contributed by atoms with E-state index >= 15 is 0 Å². The first kappa shape index (κ1) is 24.6. The summed E-state index contributed by atoms with van der Waals surface area (Å²) in [5, 5.41) is 4.03. The van der Waals surface area contributed by atoms with Crippen molar-refractivity contribution in [2.45, 2.75) is 52.9 Å². The molecule has 0 radical (unpaired) electrons. The van der Waals surface area contributed by atoms with Gasteiger partial charge in [0.25, 0.3) is 0 Å². The monoisotopic (exact) mass is 473 g/mol. The van der Waals surface area contributed by atoms with Crippen molar-refractivity contribution in [3.63, 3.8) is 0 Å². The molecule has 0 atom stereocenters. The number of hydrogen-bond donors (Lipinski definition) is 1. The van der Waals surface area contributed by atoms with Crippen molar-refractivity contribution in [2.24, 2.45) is 0 Å². The smallest absolute Gasteiger partial charge is 0.244 e. The van der Waals surface area contributed by atoms with E-state index in [0.717, 1.165) is 69.6 Å². The van der Waals surface area contributed by atoms with Gasteiger partial charge in [-0.1, -0.05) is 23.8 Å². The third-order valence-electron chi connectivity index (χ3n) is 6.62. The van der Waals surface area contributed by atoms with Crippen molar-refractivity contribution in [3.8, 4) is 22.6 Å². The second kappa shape index (κ2) is 11.3. The highest BCUT2D eigenvalue weighted by atomic mass is 16.5. The van der Waals surface area contributed by atoms with E-state index in [0.29, 0.717) is 13.2 Å². The number of ether oxygens (including phenoxy) is 2. The number of benzene rings is 2. The Balaban J connectivity index is 1.64. The van der Waals surface area contributed by atoms with Gasteiger partial charge in [0.15, 0.2) is 0 Å². The van der Waals surface area contributed by atoms with Gasteiger partial charge in [-0.3, -0.25) is 4.79 Å². The maximum Gasteiger partial charge on any atom is 0.244 e. The summed E-state index contributed by atoms with van der Waals surface area (Å²) in [6, 6.07) is 9.99. The Labute approximate surface area is 207 Å². The largest absolute Gasteiger partial charge is 0.497 e. The fourth-order valence-electron chi connectivity index (χ4n) is 4.76. The van der Waals surface area contributed by atoms with Crippen LogP contribution in [-0.4, -0.2) is 26.2 Å². The van der Waals surface area contributed by atoms with Crippen LogP contribution in [0, 0.1) is 6.92 Å². The van der Waals surface area contributed by atoms with E-state index in [4.69, 9.17) is 13.9 Å². The summed E-state index contributed by atoms with van der Waals surface area (Å²) >= 11 is 0. The van der Waals surface area contributed by atoms with Gasteiger partial charge in [-0.25, -0.2) is 0 Å². The molecule has 2 aromatic carbocycles. The second-order valence-corrected chi connectivity index (χ2v) is 9.05. The van der Waals surface area contributed by atoms with Gasteiger partial charge in [-0.15, -0.1) is 0 Å². The van der Waals surface area contributed by atoms with Crippen LogP contribution in [0.1, 0.15) is 57.1 Å². The van der Waals surface area contributed by atoms with Gasteiger partial charge in [0, 0.05) is 34.7 Å². The summed E-state index contributed by atoms with van der Waals surface area (Å²) in [6.45, 7) is 7.10. The Morgan fingerprint density at radius 1 is 1.23 bits per heavy atom. The SMILES string of the molecule is CCOc1c(/C(C)=C/C(=O)NCCC2=CCCCC2)cc2c(-c3cccc(OC)c3)coc2c1C. The molecule has 4 rings (SSSR count). The van der Waals surface area contributed by atoms with Crippen LogP contribution < -0.4 is 14.8 Å². The first-order valence-electron chi connectivity index (χ1n) is 12.5. The molecule has 0 saturated carbocycles. The Bertz CT molecular complexity index is 1260. The fraction of sp³-hybridized carbons (Fsp3) is 0.367. The van der Waals surface area contributed by atoms with E-state index in [1.165, 1.54) is 18.4 Å². The summed E-state index contributed by atoms with van der Waals surface area (Å²) in [6.07, 6.45) is 11.5. The third-order valence-corrected chi connectivity index (χ3v) is 6.62. The molecule has 0 saturated heterocycles. The molecule has 35 heavy (non-hydrogen) atoms. The molecule has 1 aromatic heterocycles. The third kappa shape index (κ3) is 5.61. The minimum absolute atomic E-state index is 0.0840. The number of rotatable bonds is 9. The predicted molar refractivity (Wildman–Crippen MR) is 142 cm³/mol. The fourth-order valence-corrected chi connectivity index (χ4v) is 4.76. The molecule has 1 amide bonds. The standard InChI is InChI=1S/C30H35NO4/c1-5-34-29-21(3)30-26(27(19-35-30)23-12-9-13-24(17-23)33-4)18-25(29)20(2)16-28(32)31-15-14-22-10-7-6-8-11-22/h9-10,12-13,16-19H,5-8,11,14-15H2,1-4H3,(H,31,32)/b20-16+. The predicted octanol–water partition coefficient (Wildman–Crippen LogP) is 7.23. The van der Waals surface area contributed by atoms with Gasteiger partial charge in [-0.2, -0.15) is 0 Å². The summed E-state index contributed by atoms with van der Waals surface area (Å²) < 4.78 is 17.4. The average Bonchev–Trinajstić information content (AvgIpc) is 3.30. The normalized spacial score (nSPS) is 14.1. The number of fused-ring (bicyclic) bond motifs is 1. The number of amides is 1. The highest BCUT2D eigenvalue weighted by Crippen LogP contribution is 2.41. The van der Waals surface area contributed by atoms with Gasteiger partial charge in [0.05, 0.1) is 20.0 Å². The second-order valence-electron chi connectivity index (χ2n) is 9.05. The maximum atomic E-state index is 12.7. The molecule has 1 N–H and O–H groups in total. The van der Waals surface area contributed by atoms with Crippen LogP contribution >= 0.6 is 0 Å². The van der Waals surface area contributed by atoms with Gasteiger partial charge in [0.1, 0.15) is 17.1 Å². The van der Waals surface area contributed by atoms with Crippen molar-refractivity contribution < 1.29 is 18.7 Å². The Hall–Kier alpha value is -3.47. The molecule has 0 fully saturated rings. The molecular formula is C30H35NO4. The van der Waals surface area contributed by atoms with Crippen molar-refractivity contribution in [1.29, 1.82) is 0 Å². The molecule has 5 nitrogen and oxygen atoms in total. The van der Waals surface area contributed by atoms with Crippen LogP contribution in [0.3, 0.4) is 0 Å². The van der Waals surface area contributed by atoms with Gasteiger partial charge >= 0.3 is 0 Å². The maximum absolute atomic E-state index is 12.7. The number of methoxy groups -OCH3 is 1. The molecule has 1 heterocycles. The van der Waals surface area contributed by atoms with Crippen molar-refractivity contribution >= 4 is 22.4 Å². The van der Waals surface area contributed by atoms with Crippen LogP contribution in [-0.2, 0) is 4.79 Å². The van der Waals surface area contributed by atoms with Crippen molar-refractivity contribution in [2.75, 3.05) is 20.3 Å².